The first-order chi connectivity index (χ1) is 8.74. The average Bonchev–Trinajstić information content (AvgIpc) is 2.38. The number of nitrogens with one attached hydrogen (secondary N) is 1. The number of benzene rings is 1. The Morgan fingerprint density at radius 1 is 1.33 bits per heavy atom. The molecule has 1 aromatic carbocycles. The van der Waals surface area contributed by atoms with Crippen molar-refractivity contribution in [2.24, 2.45) is 5.73 Å². The van der Waals surface area contributed by atoms with Crippen molar-refractivity contribution < 1.29 is 4.92 Å². The zero-order valence-corrected chi connectivity index (χ0v) is 9.80. The molecule has 1 heterocycles. The summed E-state index contributed by atoms with van der Waals surface area (Å²) >= 11 is 0. The fourth-order valence-corrected chi connectivity index (χ4v) is 1.81. The average molecular weight is 246 g/mol. The van der Waals surface area contributed by atoms with Gasteiger partial charge >= 0.3 is 0 Å². The van der Waals surface area contributed by atoms with Crippen LogP contribution >= 0.6 is 0 Å². The monoisotopic (exact) mass is 246 g/mol. The first-order valence-electron chi connectivity index (χ1n) is 5.69. The van der Waals surface area contributed by atoms with Crippen LogP contribution in [0.4, 0.5) is 11.4 Å². The molecule has 0 amide bonds. The van der Waals surface area contributed by atoms with Gasteiger partial charge < -0.3 is 11.1 Å². The standard InChI is InChI=1S/C12H14N4O2/c13-5-1-6-15-11-2-3-12(16(17)18)9-4-7-14-8-10(9)11/h2-4,7-8,15H,1,5-6,13H2. The van der Waals surface area contributed by atoms with Crippen LogP contribution in [0.3, 0.4) is 0 Å². The van der Waals surface area contributed by atoms with Crippen LogP contribution in [0.5, 0.6) is 0 Å². The molecule has 0 aliphatic rings. The maximum Gasteiger partial charge on any atom is 0.277 e. The maximum absolute atomic E-state index is 10.9. The van der Waals surface area contributed by atoms with Crippen molar-refractivity contribution in [1.29, 1.82) is 0 Å². The molecular weight excluding hydrogens is 232 g/mol. The number of nitrogens with two attached hydrogens (primary N) is 1. The number of nitrogens with zero attached hydrogens (tertiary/aromatic N) is 2. The molecule has 0 spiro atoms. The van der Waals surface area contributed by atoms with Crippen LogP contribution in [0.1, 0.15) is 6.42 Å². The lowest BCUT2D eigenvalue weighted by molar-refractivity contribution is -0.383. The highest BCUT2D eigenvalue weighted by molar-refractivity contribution is 5.99. The number of nitro groups is 1. The van der Waals surface area contributed by atoms with E-state index in [-0.39, 0.29) is 10.6 Å². The lowest BCUT2D eigenvalue weighted by Crippen LogP contribution is -2.08. The summed E-state index contributed by atoms with van der Waals surface area (Å²) in [6.07, 6.45) is 4.03. The Morgan fingerprint density at radius 3 is 2.89 bits per heavy atom. The van der Waals surface area contributed by atoms with Gasteiger partial charge in [0.1, 0.15) is 0 Å². The third-order valence-corrected chi connectivity index (χ3v) is 2.69. The summed E-state index contributed by atoms with van der Waals surface area (Å²) in [5.41, 5.74) is 6.37. The van der Waals surface area contributed by atoms with Crippen molar-refractivity contribution in [2.75, 3.05) is 18.4 Å². The summed E-state index contributed by atoms with van der Waals surface area (Å²) in [6, 6.07) is 4.87. The molecule has 0 aliphatic heterocycles. The highest BCUT2D eigenvalue weighted by Crippen LogP contribution is 2.30. The Morgan fingerprint density at radius 2 is 2.17 bits per heavy atom. The van der Waals surface area contributed by atoms with Crippen molar-refractivity contribution in [3.63, 3.8) is 0 Å². The Hall–Kier alpha value is -2.21. The molecule has 2 rings (SSSR count). The molecule has 1 aromatic heterocycles. The van der Waals surface area contributed by atoms with E-state index < -0.39 is 0 Å². The van der Waals surface area contributed by atoms with Gasteiger partial charge in [0.25, 0.3) is 5.69 Å². The molecule has 3 N–H and O–H groups in total. The van der Waals surface area contributed by atoms with Gasteiger partial charge in [-0.15, -0.1) is 0 Å². The molecule has 0 bridgehead atoms. The Labute approximate surface area is 104 Å². The molecule has 0 saturated heterocycles. The van der Waals surface area contributed by atoms with Crippen LogP contribution < -0.4 is 11.1 Å². The van der Waals surface area contributed by atoms with Crippen molar-refractivity contribution in [2.45, 2.75) is 6.42 Å². The van der Waals surface area contributed by atoms with Gasteiger partial charge in [0.15, 0.2) is 0 Å². The zero-order valence-electron chi connectivity index (χ0n) is 9.80. The molecule has 6 nitrogen and oxygen atoms in total. The number of aromatic nitrogens is 1. The van der Waals surface area contributed by atoms with Crippen molar-refractivity contribution in [3.8, 4) is 0 Å². The highest BCUT2D eigenvalue weighted by Gasteiger charge is 2.13. The first-order valence-corrected chi connectivity index (χ1v) is 5.69. The normalized spacial score (nSPS) is 10.5. The number of rotatable bonds is 5. The van der Waals surface area contributed by atoms with Gasteiger partial charge in [-0.3, -0.25) is 15.1 Å². The van der Waals surface area contributed by atoms with Gasteiger partial charge in [-0.05, 0) is 25.1 Å². The first kappa shape index (κ1) is 12.3. The topological polar surface area (TPSA) is 94.1 Å². The molecule has 0 aliphatic carbocycles. The van der Waals surface area contributed by atoms with Crippen molar-refractivity contribution >= 4 is 22.1 Å². The van der Waals surface area contributed by atoms with E-state index in [1.165, 1.54) is 6.07 Å². The third kappa shape index (κ3) is 2.38. The predicted octanol–water partition coefficient (Wildman–Crippen LogP) is 1.90. The van der Waals surface area contributed by atoms with Gasteiger partial charge in [-0.1, -0.05) is 0 Å². The number of non-ortho nitro benzene ring substituents is 1. The minimum atomic E-state index is -0.383. The van der Waals surface area contributed by atoms with Crippen LogP contribution in [0.15, 0.2) is 30.6 Å². The summed E-state index contributed by atoms with van der Waals surface area (Å²) in [5.74, 6) is 0. The van der Waals surface area contributed by atoms with Crippen LogP contribution in [-0.4, -0.2) is 23.0 Å². The minimum absolute atomic E-state index is 0.0942. The van der Waals surface area contributed by atoms with Gasteiger partial charge in [0.2, 0.25) is 0 Å². The summed E-state index contributed by atoms with van der Waals surface area (Å²) < 4.78 is 0. The fraction of sp³-hybridized carbons (Fsp3) is 0.250. The second kappa shape index (κ2) is 5.42. The largest absolute Gasteiger partial charge is 0.384 e. The molecule has 0 unspecified atom stereocenters. The molecule has 6 heteroatoms. The summed E-state index contributed by atoms with van der Waals surface area (Å²) in [5, 5.41) is 15.5. The van der Waals surface area contributed by atoms with Crippen LogP contribution in [0.25, 0.3) is 10.8 Å². The lowest BCUT2D eigenvalue weighted by Gasteiger charge is -2.09. The van der Waals surface area contributed by atoms with E-state index in [4.69, 9.17) is 5.73 Å². The molecule has 0 fully saturated rings. The molecule has 2 aromatic rings. The number of hydrogen-bond acceptors (Lipinski definition) is 5. The number of nitro benzene ring substituents is 1. The predicted molar refractivity (Wildman–Crippen MR) is 70.6 cm³/mol. The Kier molecular flexibility index (Phi) is 3.69. The highest BCUT2D eigenvalue weighted by atomic mass is 16.6. The number of anilines is 1. The van der Waals surface area contributed by atoms with E-state index in [0.29, 0.717) is 11.9 Å². The van der Waals surface area contributed by atoms with Gasteiger partial charge in [-0.25, -0.2) is 0 Å². The Balaban J connectivity index is 2.44. The van der Waals surface area contributed by atoms with Gasteiger partial charge in [0.05, 0.1) is 10.3 Å². The van der Waals surface area contributed by atoms with E-state index in [1.54, 1.807) is 24.5 Å². The lowest BCUT2D eigenvalue weighted by atomic mass is 10.1. The molecule has 0 radical (unpaired) electrons. The minimum Gasteiger partial charge on any atom is -0.384 e. The van der Waals surface area contributed by atoms with Crippen LogP contribution in [0.2, 0.25) is 0 Å². The summed E-state index contributed by atoms with van der Waals surface area (Å²) in [4.78, 5) is 14.6. The smallest absolute Gasteiger partial charge is 0.277 e. The fourth-order valence-electron chi connectivity index (χ4n) is 1.81. The van der Waals surface area contributed by atoms with Crippen LogP contribution in [0, 0.1) is 10.1 Å². The maximum atomic E-state index is 10.9. The molecular formula is C12H14N4O2. The van der Waals surface area contributed by atoms with Crippen molar-refractivity contribution in [1.82, 2.24) is 4.98 Å². The quantitative estimate of drug-likeness (QED) is 0.477. The third-order valence-electron chi connectivity index (χ3n) is 2.69. The SMILES string of the molecule is NCCCNc1ccc([N+](=O)[O-])c2ccncc12. The van der Waals surface area contributed by atoms with E-state index in [9.17, 15) is 10.1 Å². The summed E-state index contributed by atoms with van der Waals surface area (Å²) in [6.45, 7) is 1.34. The van der Waals surface area contributed by atoms with Gasteiger partial charge in [0, 0.05) is 36.1 Å². The second-order valence-corrected chi connectivity index (χ2v) is 3.88. The number of hydrogen-bond donors (Lipinski definition) is 2. The molecule has 0 saturated carbocycles. The van der Waals surface area contributed by atoms with E-state index in [1.807, 2.05) is 0 Å². The molecule has 0 atom stereocenters. The number of pyridine rings is 1. The van der Waals surface area contributed by atoms with E-state index in [2.05, 4.69) is 10.3 Å². The molecule has 18 heavy (non-hydrogen) atoms. The number of fused-ring (bicyclic) bond motifs is 1. The van der Waals surface area contributed by atoms with E-state index >= 15 is 0 Å². The second-order valence-electron chi connectivity index (χ2n) is 3.88. The van der Waals surface area contributed by atoms with Crippen molar-refractivity contribution in [3.05, 3.63) is 40.7 Å². The molecule has 94 valence electrons. The Bertz CT molecular complexity index is 571. The summed E-state index contributed by atoms with van der Waals surface area (Å²) in [7, 11) is 0. The van der Waals surface area contributed by atoms with E-state index in [0.717, 1.165) is 24.0 Å². The van der Waals surface area contributed by atoms with Crippen LogP contribution in [-0.2, 0) is 0 Å². The van der Waals surface area contributed by atoms with Gasteiger partial charge in [-0.2, -0.15) is 0 Å². The zero-order chi connectivity index (χ0) is 13.0.